The van der Waals surface area contributed by atoms with Crippen LogP contribution in [0.5, 0.6) is 0 Å². The summed E-state index contributed by atoms with van der Waals surface area (Å²) >= 11 is 0. The first kappa shape index (κ1) is 18.8. The van der Waals surface area contributed by atoms with E-state index in [1.807, 2.05) is 30.3 Å². The summed E-state index contributed by atoms with van der Waals surface area (Å²) in [5.41, 5.74) is 0.936. The maximum Gasteiger partial charge on any atom is 0.248 e. The van der Waals surface area contributed by atoms with E-state index in [0.717, 1.165) is 5.56 Å². The van der Waals surface area contributed by atoms with Gasteiger partial charge in [-0.3, -0.25) is 4.79 Å². The Morgan fingerprint density at radius 2 is 1.79 bits per heavy atom. The summed E-state index contributed by atoms with van der Waals surface area (Å²) in [7, 11) is 3.09. The summed E-state index contributed by atoms with van der Waals surface area (Å²) in [6, 6.07) is 9.24. The molecule has 0 radical (unpaired) electrons. The van der Waals surface area contributed by atoms with Crippen LogP contribution < -0.4 is 5.32 Å². The van der Waals surface area contributed by atoms with Crippen molar-refractivity contribution in [2.24, 2.45) is 5.92 Å². The van der Waals surface area contributed by atoms with Crippen molar-refractivity contribution in [2.75, 3.05) is 14.2 Å². The number of amides is 1. The summed E-state index contributed by atoms with van der Waals surface area (Å²) in [6.45, 7) is 0. The molecular formula is C18H25F2NO3. The molecular weight excluding hydrogens is 316 g/mol. The summed E-state index contributed by atoms with van der Waals surface area (Å²) in [5.74, 6) is -3.17. The highest BCUT2D eigenvalue weighted by atomic mass is 19.3. The van der Waals surface area contributed by atoms with E-state index in [4.69, 9.17) is 9.47 Å². The minimum absolute atomic E-state index is 0.176. The first-order valence-corrected chi connectivity index (χ1v) is 8.24. The molecule has 0 aromatic heterocycles. The lowest BCUT2D eigenvalue weighted by atomic mass is 9.86. The number of hydrogen-bond acceptors (Lipinski definition) is 3. The number of carbonyl (C=O) groups excluding carboxylic acids is 1. The molecule has 1 aliphatic rings. The predicted molar refractivity (Wildman–Crippen MR) is 86.7 cm³/mol. The molecule has 0 bridgehead atoms. The highest BCUT2D eigenvalue weighted by Crippen LogP contribution is 2.36. The molecule has 134 valence electrons. The second-order valence-corrected chi connectivity index (χ2v) is 6.24. The molecule has 1 N–H and O–H groups in total. The molecule has 0 spiro atoms. The maximum absolute atomic E-state index is 13.3. The number of hydrogen-bond donors (Lipinski definition) is 1. The second kappa shape index (κ2) is 8.53. The molecule has 2 rings (SSSR count). The lowest BCUT2D eigenvalue weighted by Gasteiger charge is -2.30. The van der Waals surface area contributed by atoms with Crippen LogP contribution in [0.4, 0.5) is 8.78 Å². The molecule has 6 heteroatoms. The number of ether oxygens (including phenoxy) is 2. The number of methoxy groups -OCH3 is 2. The summed E-state index contributed by atoms with van der Waals surface area (Å²) < 4.78 is 37.0. The van der Waals surface area contributed by atoms with Gasteiger partial charge < -0.3 is 14.8 Å². The van der Waals surface area contributed by atoms with Gasteiger partial charge in [0, 0.05) is 39.4 Å². The Hall–Kier alpha value is -1.53. The maximum atomic E-state index is 13.3. The van der Waals surface area contributed by atoms with Crippen LogP contribution in [-0.2, 0) is 14.3 Å². The van der Waals surface area contributed by atoms with Crippen LogP contribution in [-0.4, -0.2) is 32.3 Å². The third kappa shape index (κ3) is 5.24. The average molecular weight is 341 g/mol. The van der Waals surface area contributed by atoms with Gasteiger partial charge in [0.25, 0.3) is 0 Å². The van der Waals surface area contributed by atoms with Crippen molar-refractivity contribution >= 4 is 5.91 Å². The van der Waals surface area contributed by atoms with Crippen LogP contribution in [0.2, 0.25) is 0 Å². The van der Waals surface area contributed by atoms with E-state index >= 15 is 0 Å². The van der Waals surface area contributed by atoms with Crippen LogP contribution in [0.15, 0.2) is 30.3 Å². The Morgan fingerprint density at radius 3 is 2.33 bits per heavy atom. The van der Waals surface area contributed by atoms with Crippen molar-refractivity contribution in [2.45, 2.75) is 50.4 Å². The largest absolute Gasteiger partial charge is 0.356 e. The predicted octanol–water partition coefficient (Wildman–Crippen LogP) is 3.68. The van der Waals surface area contributed by atoms with Gasteiger partial charge in [-0.2, -0.15) is 0 Å². The molecule has 1 unspecified atom stereocenters. The lowest BCUT2D eigenvalue weighted by molar-refractivity contribution is -0.132. The van der Waals surface area contributed by atoms with Crippen LogP contribution >= 0.6 is 0 Å². The first-order chi connectivity index (χ1) is 11.4. The molecule has 24 heavy (non-hydrogen) atoms. The van der Waals surface area contributed by atoms with E-state index in [1.165, 1.54) is 0 Å². The number of rotatable bonds is 7. The highest BCUT2D eigenvalue weighted by molar-refractivity contribution is 5.79. The van der Waals surface area contributed by atoms with Gasteiger partial charge in [-0.25, -0.2) is 8.78 Å². The molecule has 0 saturated heterocycles. The topological polar surface area (TPSA) is 47.6 Å². The zero-order chi connectivity index (χ0) is 17.6. The van der Waals surface area contributed by atoms with Crippen LogP contribution in [0.1, 0.15) is 43.7 Å². The fourth-order valence-electron chi connectivity index (χ4n) is 3.04. The van der Waals surface area contributed by atoms with Gasteiger partial charge in [-0.05, 0) is 18.4 Å². The van der Waals surface area contributed by atoms with Crippen LogP contribution in [0.3, 0.4) is 0 Å². The molecule has 1 saturated carbocycles. The minimum Gasteiger partial charge on any atom is -0.356 e. The lowest BCUT2D eigenvalue weighted by Crippen LogP contribution is -2.39. The van der Waals surface area contributed by atoms with Gasteiger partial charge >= 0.3 is 0 Å². The van der Waals surface area contributed by atoms with Gasteiger partial charge in [-0.1, -0.05) is 30.3 Å². The minimum atomic E-state index is -2.63. The van der Waals surface area contributed by atoms with Gasteiger partial charge in [-0.15, -0.1) is 0 Å². The van der Waals surface area contributed by atoms with E-state index < -0.39 is 12.2 Å². The SMILES string of the molecule is COC(CC(NC(=O)C1CCC(F)(F)CC1)c1ccccc1)OC. The molecule has 1 aromatic carbocycles. The Labute approximate surface area is 141 Å². The van der Waals surface area contributed by atoms with E-state index in [1.54, 1.807) is 14.2 Å². The average Bonchev–Trinajstić information content (AvgIpc) is 2.59. The van der Waals surface area contributed by atoms with Crippen molar-refractivity contribution in [3.05, 3.63) is 35.9 Å². The standard InChI is InChI=1S/C18H25F2NO3/c1-23-16(24-2)12-15(13-6-4-3-5-7-13)21-17(22)14-8-10-18(19,20)11-9-14/h3-7,14-16H,8-12H2,1-2H3,(H,21,22). The normalized spacial score (nSPS) is 19.2. The highest BCUT2D eigenvalue weighted by Gasteiger charge is 2.37. The van der Waals surface area contributed by atoms with E-state index in [9.17, 15) is 13.6 Å². The van der Waals surface area contributed by atoms with Crippen molar-refractivity contribution in [1.82, 2.24) is 5.32 Å². The van der Waals surface area contributed by atoms with Gasteiger partial charge in [0.1, 0.15) is 0 Å². The third-order valence-corrected chi connectivity index (χ3v) is 4.56. The molecule has 1 aromatic rings. The molecule has 0 heterocycles. The summed E-state index contributed by atoms with van der Waals surface area (Å²) in [4.78, 5) is 12.5. The Balaban J connectivity index is 2.03. The molecule has 1 amide bonds. The summed E-state index contributed by atoms with van der Waals surface area (Å²) in [6.07, 6.45) is -0.00617. The molecule has 1 aliphatic carbocycles. The number of benzene rings is 1. The van der Waals surface area contributed by atoms with Crippen molar-refractivity contribution in [3.63, 3.8) is 0 Å². The fourth-order valence-corrected chi connectivity index (χ4v) is 3.04. The number of alkyl halides is 2. The zero-order valence-electron chi connectivity index (χ0n) is 14.1. The number of carbonyl (C=O) groups is 1. The van der Waals surface area contributed by atoms with Crippen molar-refractivity contribution in [1.29, 1.82) is 0 Å². The first-order valence-electron chi connectivity index (χ1n) is 8.24. The Morgan fingerprint density at radius 1 is 1.21 bits per heavy atom. The number of nitrogens with one attached hydrogen (secondary N) is 1. The molecule has 1 fully saturated rings. The summed E-state index contributed by atoms with van der Waals surface area (Å²) in [5, 5.41) is 2.99. The molecule has 4 nitrogen and oxygen atoms in total. The number of halogens is 2. The van der Waals surface area contributed by atoms with Gasteiger partial charge in [0.2, 0.25) is 11.8 Å². The second-order valence-electron chi connectivity index (χ2n) is 6.24. The van der Waals surface area contributed by atoms with Gasteiger partial charge in [0.15, 0.2) is 6.29 Å². The Kier molecular flexibility index (Phi) is 6.69. The zero-order valence-corrected chi connectivity index (χ0v) is 14.1. The van der Waals surface area contributed by atoms with Crippen LogP contribution in [0.25, 0.3) is 0 Å². The molecule has 0 aliphatic heterocycles. The van der Waals surface area contributed by atoms with Gasteiger partial charge in [0.05, 0.1) is 6.04 Å². The van der Waals surface area contributed by atoms with Crippen molar-refractivity contribution < 1.29 is 23.0 Å². The monoisotopic (exact) mass is 341 g/mol. The van der Waals surface area contributed by atoms with E-state index in [-0.39, 0.29) is 43.6 Å². The van der Waals surface area contributed by atoms with E-state index in [2.05, 4.69) is 5.32 Å². The third-order valence-electron chi connectivity index (χ3n) is 4.56. The quantitative estimate of drug-likeness (QED) is 0.770. The smallest absolute Gasteiger partial charge is 0.248 e. The fraction of sp³-hybridized carbons (Fsp3) is 0.611. The van der Waals surface area contributed by atoms with Crippen LogP contribution in [0, 0.1) is 5.92 Å². The van der Waals surface area contributed by atoms with Crippen molar-refractivity contribution in [3.8, 4) is 0 Å². The molecule has 1 atom stereocenters. The van der Waals surface area contributed by atoms with E-state index in [0.29, 0.717) is 6.42 Å². The Bertz CT molecular complexity index is 510.